The molecule has 1 aromatic rings. The van der Waals surface area contributed by atoms with E-state index < -0.39 is 0 Å². The summed E-state index contributed by atoms with van der Waals surface area (Å²) in [4.78, 5) is 11.0. The van der Waals surface area contributed by atoms with E-state index in [1.807, 2.05) is 12.3 Å². The summed E-state index contributed by atoms with van der Waals surface area (Å²) < 4.78 is 0.604. The zero-order valence-electron chi connectivity index (χ0n) is 5.56. The molecule has 0 aliphatic rings. The van der Waals surface area contributed by atoms with E-state index in [9.17, 15) is 4.79 Å². The standard InChI is InChI=1S/C7H7ClOS/c1-2-6(9)5-3-4-10-7(5)8/h3-4H,2H2,1H3. The number of hydrogen-bond acceptors (Lipinski definition) is 2. The summed E-state index contributed by atoms with van der Waals surface area (Å²) in [5.74, 6) is 0.117. The van der Waals surface area contributed by atoms with E-state index in [0.717, 1.165) is 0 Å². The van der Waals surface area contributed by atoms with E-state index in [0.29, 0.717) is 16.3 Å². The summed E-state index contributed by atoms with van der Waals surface area (Å²) in [5, 5.41) is 1.82. The van der Waals surface area contributed by atoms with Gasteiger partial charge in [-0.1, -0.05) is 18.5 Å². The summed E-state index contributed by atoms with van der Waals surface area (Å²) in [6.07, 6.45) is 0.524. The van der Waals surface area contributed by atoms with E-state index in [-0.39, 0.29) is 5.78 Å². The van der Waals surface area contributed by atoms with Crippen LogP contribution in [0, 0.1) is 0 Å². The maximum atomic E-state index is 11.0. The van der Waals surface area contributed by atoms with Crippen molar-refractivity contribution in [3.05, 3.63) is 21.3 Å². The SMILES string of the molecule is CCC(=O)c1ccsc1Cl. The van der Waals surface area contributed by atoms with Gasteiger partial charge in [0.25, 0.3) is 0 Å². The van der Waals surface area contributed by atoms with Gasteiger partial charge in [-0.25, -0.2) is 0 Å². The summed E-state index contributed by atoms with van der Waals surface area (Å²) in [6.45, 7) is 1.83. The minimum Gasteiger partial charge on any atom is -0.294 e. The second-order valence-electron chi connectivity index (χ2n) is 1.88. The number of carbonyl (C=O) groups is 1. The molecule has 1 aromatic heterocycles. The van der Waals surface area contributed by atoms with Crippen LogP contribution < -0.4 is 0 Å². The van der Waals surface area contributed by atoms with Crippen LogP contribution in [0.15, 0.2) is 11.4 Å². The molecule has 3 heteroatoms. The lowest BCUT2D eigenvalue weighted by atomic mass is 10.2. The largest absolute Gasteiger partial charge is 0.294 e. The first-order valence-electron chi connectivity index (χ1n) is 3.02. The molecule has 0 atom stereocenters. The highest BCUT2D eigenvalue weighted by atomic mass is 35.5. The molecule has 1 rings (SSSR count). The quantitative estimate of drug-likeness (QED) is 0.630. The third-order valence-electron chi connectivity index (χ3n) is 1.24. The fraction of sp³-hybridized carbons (Fsp3) is 0.286. The van der Waals surface area contributed by atoms with Crippen molar-refractivity contribution in [2.45, 2.75) is 13.3 Å². The second-order valence-corrected chi connectivity index (χ2v) is 3.40. The fourth-order valence-corrected chi connectivity index (χ4v) is 1.64. The van der Waals surface area contributed by atoms with Crippen molar-refractivity contribution >= 4 is 28.7 Å². The molecule has 0 aromatic carbocycles. The van der Waals surface area contributed by atoms with Crippen LogP contribution in [0.2, 0.25) is 4.34 Å². The Hall–Kier alpha value is -0.340. The van der Waals surface area contributed by atoms with Crippen molar-refractivity contribution in [2.75, 3.05) is 0 Å². The zero-order chi connectivity index (χ0) is 7.56. The number of thiophene rings is 1. The first kappa shape index (κ1) is 7.76. The summed E-state index contributed by atoms with van der Waals surface area (Å²) >= 11 is 7.10. The molecule has 1 nitrogen and oxygen atoms in total. The van der Waals surface area contributed by atoms with Crippen molar-refractivity contribution in [1.82, 2.24) is 0 Å². The average Bonchev–Trinajstić information content (AvgIpc) is 2.34. The van der Waals surface area contributed by atoms with E-state index >= 15 is 0 Å². The van der Waals surface area contributed by atoms with Gasteiger partial charge in [0.05, 0.1) is 0 Å². The topological polar surface area (TPSA) is 17.1 Å². The molecule has 0 saturated carbocycles. The lowest BCUT2D eigenvalue weighted by molar-refractivity contribution is 0.0989. The lowest BCUT2D eigenvalue weighted by Gasteiger charge is -1.90. The molecule has 0 aliphatic carbocycles. The molecule has 54 valence electrons. The van der Waals surface area contributed by atoms with Gasteiger partial charge in [-0.2, -0.15) is 0 Å². The molecule has 0 amide bonds. The monoisotopic (exact) mass is 174 g/mol. The van der Waals surface area contributed by atoms with E-state index in [1.54, 1.807) is 6.07 Å². The summed E-state index contributed by atoms with van der Waals surface area (Å²) in [6, 6.07) is 1.76. The van der Waals surface area contributed by atoms with Crippen LogP contribution in [0.4, 0.5) is 0 Å². The van der Waals surface area contributed by atoms with Crippen molar-refractivity contribution in [3.8, 4) is 0 Å². The average molecular weight is 175 g/mol. The number of ketones is 1. The molecular formula is C7H7ClOS. The number of hydrogen-bond donors (Lipinski definition) is 0. The predicted octanol–water partition coefficient (Wildman–Crippen LogP) is 2.99. The molecule has 0 fully saturated rings. The Bertz CT molecular complexity index is 242. The Balaban J connectivity index is 2.93. The molecule has 10 heavy (non-hydrogen) atoms. The molecule has 0 unspecified atom stereocenters. The van der Waals surface area contributed by atoms with Crippen molar-refractivity contribution in [2.24, 2.45) is 0 Å². The highest BCUT2D eigenvalue weighted by Crippen LogP contribution is 2.23. The second kappa shape index (κ2) is 3.17. The van der Waals surface area contributed by atoms with Gasteiger partial charge in [0, 0.05) is 12.0 Å². The highest BCUT2D eigenvalue weighted by molar-refractivity contribution is 7.14. The van der Waals surface area contributed by atoms with Crippen LogP contribution in [0.1, 0.15) is 23.7 Å². The maximum Gasteiger partial charge on any atom is 0.164 e. The summed E-state index contributed by atoms with van der Waals surface area (Å²) in [7, 11) is 0. The van der Waals surface area contributed by atoms with Gasteiger partial charge in [0.2, 0.25) is 0 Å². The van der Waals surface area contributed by atoms with Crippen molar-refractivity contribution < 1.29 is 4.79 Å². The molecule has 1 heterocycles. The summed E-state index contributed by atoms with van der Waals surface area (Å²) in [5.41, 5.74) is 0.661. The molecule has 0 N–H and O–H groups in total. The van der Waals surface area contributed by atoms with Gasteiger partial charge in [0.15, 0.2) is 5.78 Å². The van der Waals surface area contributed by atoms with Crippen LogP contribution in [-0.2, 0) is 0 Å². The smallest absolute Gasteiger partial charge is 0.164 e. The highest BCUT2D eigenvalue weighted by Gasteiger charge is 2.07. The van der Waals surface area contributed by atoms with Crippen molar-refractivity contribution in [3.63, 3.8) is 0 Å². The first-order valence-corrected chi connectivity index (χ1v) is 4.27. The van der Waals surface area contributed by atoms with Gasteiger partial charge in [-0.15, -0.1) is 11.3 Å². The van der Waals surface area contributed by atoms with Crippen molar-refractivity contribution in [1.29, 1.82) is 0 Å². The maximum absolute atomic E-state index is 11.0. The molecule has 0 spiro atoms. The fourth-order valence-electron chi connectivity index (χ4n) is 0.684. The Morgan fingerprint density at radius 3 is 2.90 bits per heavy atom. The zero-order valence-corrected chi connectivity index (χ0v) is 7.13. The first-order chi connectivity index (χ1) is 4.75. The number of carbonyl (C=O) groups excluding carboxylic acids is 1. The van der Waals surface area contributed by atoms with Crippen LogP contribution in [0.25, 0.3) is 0 Å². The lowest BCUT2D eigenvalue weighted by Crippen LogP contribution is -1.93. The van der Waals surface area contributed by atoms with E-state index in [1.165, 1.54) is 11.3 Å². The minimum atomic E-state index is 0.117. The molecule has 0 radical (unpaired) electrons. The van der Waals surface area contributed by atoms with Crippen LogP contribution in [0.3, 0.4) is 0 Å². The normalized spacial score (nSPS) is 9.80. The molecule has 0 saturated heterocycles. The molecule has 0 aliphatic heterocycles. The van der Waals surface area contributed by atoms with Crippen LogP contribution in [0.5, 0.6) is 0 Å². The van der Waals surface area contributed by atoms with Gasteiger partial charge < -0.3 is 0 Å². The van der Waals surface area contributed by atoms with Crippen LogP contribution >= 0.6 is 22.9 Å². The van der Waals surface area contributed by atoms with E-state index in [2.05, 4.69) is 0 Å². The third-order valence-corrected chi connectivity index (χ3v) is 2.41. The van der Waals surface area contributed by atoms with Gasteiger partial charge in [-0.3, -0.25) is 4.79 Å². The number of Topliss-reactive ketones (excluding diaryl/α,β-unsaturated/α-hetero) is 1. The Labute approximate surface area is 68.6 Å². The minimum absolute atomic E-state index is 0.117. The Kier molecular flexibility index (Phi) is 2.46. The Morgan fingerprint density at radius 2 is 2.50 bits per heavy atom. The van der Waals surface area contributed by atoms with Crippen LogP contribution in [-0.4, -0.2) is 5.78 Å². The van der Waals surface area contributed by atoms with Gasteiger partial charge >= 0.3 is 0 Å². The molecule has 0 bridgehead atoms. The number of halogens is 1. The number of rotatable bonds is 2. The van der Waals surface area contributed by atoms with E-state index in [4.69, 9.17) is 11.6 Å². The molecular weight excluding hydrogens is 168 g/mol. The predicted molar refractivity (Wildman–Crippen MR) is 44.0 cm³/mol. The van der Waals surface area contributed by atoms with Gasteiger partial charge in [-0.05, 0) is 11.4 Å². The Morgan fingerprint density at radius 1 is 1.80 bits per heavy atom. The van der Waals surface area contributed by atoms with Gasteiger partial charge in [0.1, 0.15) is 4.34 Å². The third kappa shape index (κ3) is 1.39.